The number of aryl methyl sites for hydroxylation is 1. The second-order valence-corrected chi connectivity index (χ2v) is 8.88. The summed E-state index contributed by atoms with van der Waals surface area (Å²) >= 11 is 0. The van der Waals surface area contributed by atoms with Crippen LogP contribution >= 0.6 is 0 Å². The first-order chi connectivity index (χ1) is 16.0. The molecule has 2 aromatic carbocycles. The van der Waals surface area contributed by atoms with Crippen LogP contribution in [0.5, 0.6) is 5.75 Å². The minimum absolute atomic E-state index is 0.131. The molecule has 8 heteroatoms. The fraction of sp³-hybridized carbons (Fsp3) is 0.400. The van der Waals surface area contributed by atoms with Crippen molar-refractivity contribution in [2.75, 3.05) is 26.2 Å². The van der Waals surface area contributed by atoms with E-state index < -0.39 is 6.17 Å². The Morgan fingerprint density at radius 1 is 1.21 bits per heavy atom. The van der Waals surface area contributed by atoms with Gasteiger partial charge in [0.1, 0.15) is 24.9 Å². The fourth-order valence-electron chi connectivity index (χ4n) is 4.15. The van der Waals surface area contributed by atoms with E-state index in [9.17, 15) is 14.0 Å². The molecule has 1 N–H and O–H groups in total. The maximum atomic E-state index is 13.3. The first kappa shape index (κ1) is 21.6. The van der Waals surface area contributed by atoms with Gasteiger partial charge in [-0.2, -0.15) is 0 Å². The van der Waals surface area contributed by atoms with Crippen molar-refractivity contribution >= 4 is 16.8 Å². The number of hydrogen-bond acceptors (Lipinski definition) is 5. The molecule has 1 aromatic heterocycles. The highest BCUT2D eigenvalue weighted by molar-refractivity contribution is 5.95. The predicted molar refractivity (Wildman–Crippen MR) is 124 cm³/mol. The van der Waals surface area contributed by atoms with Gasteiger partial charge in [0.05, 0.1) is 16.6 Å². The monoisotopic (exact) mass is 450 g/mol. The lowest BCUT2D eigenvalue weighted by Gasteiger charge is -2.15. The standard InChI is InChI=1S/C25H27FN4O3/c1-16-2-3-17(24(31)28-19-4-5-19)12-23(16)30-15-27-22-7-6-20(13-21(22)25(30)32)33-11-10-29-9-8-18(26)14-29/h2-3,6-7,12-13,15,18-19H,4-5,8-11,14H2,1H3,(H,28,31)/t18-/m1/s1. The molecular formula is C25H27FN4O3. The third kappa shape index (κ3) is 4.75. The third-order valence-corrected chi connectivity index (χ3v) is 6.26. The number of benzene rings is 2. The van der Waals surface area contributed by atoms with Gasteiger partial charge in [-0.15, -0.1) is 0 Å². The lowest BCUT2D eigenvalue weighted by molar-refractivity contribution is 0.0951. The Morgan fingerprint density at radius 2 is 2.06 bits per heavy atom. The van der Waals surface area contributed by atoms with E-state index in [0.717, 1.165) is 24.9 Å². The van der Waals surface area contributed by atoms with E-state index in [1.807, 2.05) is 17.9 Å². The first-order valence-electron chi connectivity index (χ1n) is 11.4. The lowest BCUT2D eigenvalue weighted by Crippen LogP contribution is -2.26. The van der Waals surface area contributed by atoms with E-state index in [4.69, 9.17) is 4.74 Å². The molecule has 1 saturated carbocycles. The van der Waals surface area contributed by atoms with Crippen molar-refractivity contribution in [2.45, 2.75) is 38.4 Å². The zero-order valence-electron chi connectivity index (χ0n) is 18.6. The van der Waals surface area contributed by atoms with Gasteiger partial charge in [-0.25, -0.2) is 9.37 Å². The van der Waals surface area contributed by atoms with Crippen LogP contribution in [-0.4, -0.2) is 58.8 Å². The van der Waals surface area contributed by atoms with Crippen LogP contribution in [0.4, 0.5) is 4.39 Å². The van der Waals surface area contributed by atoms with Crippen LogP contribution in [0.2, 0.25) is 0 Å². The number of rotatable bonds is 7. The summed E-state index contributed by atoms with van der Waals surface area (Å²) in [4.78, 5) is 32.3. The summed E-state index contributed by atoms with van der Waals surface area (Å²) in [5.74, 6) is 0.442. The maximum Gasteiger partial charge on any atom is 0.265 e. The van der Waals surface area contributed by atoms with Crippen LogP contribution in [0.3, 0.4) is 0 Å². The van der Waals surface area contributed by atoms with Crippen molar-refractivity contribution in [3.8, 4) is 11.4 Å². The molecule has 172 valence electrons. The Kier molecular flexibility index (Phi) is 5.85. The van der Waals surface area contributed by atoms with Crippen LogP contribution in [-0.2, 0) is 0 Å². The molecule has 5 rings (SSSR count). The fourth-order valence-corrected chi connectivity index (χ4v) is 4.15. The predicted octanol–water partition coefficient (Wildman–Crippen LogP) is 3.01. The molecule has 33 heavy (non-hydrogen) atoms. The average Bonchev–Trinajstić information content (AvgIpc) is 3.53. The number of carbonyl (C=O) groups is 1. The largest absolute Gasteiger partial charge is 0.492 e. The Balaban J connectivity index is 1.39. The summed E-state index contributed by atoms with van der Waals surface area (Å²) in [6, 6.07) is 10.8. The Morgan fingerprint density at radius 3 is 2.82 bits per heavy atom. The summed E-state index contributed by atoms with van der Waals surface area (Å²) in [6.07, 6.45) is 3.34. The molecule has 0 bridgehead atoms. The second kappa shape index (κ2) is 8.94. The van der Waals surface area contributed by atoms with Gasteiger partial charge >= 0.3 is 0 Å². The van der Waals surface area contributed by atoms with Crippen LogP contribution in [0, 0.1) is 6.92 Å². The van der Waals surface area contributed by atoms with E-state index in [1.165, 1.54) is 10.9 Å². The normalized spacial score (nSPS) is 18.5. The smallest absolute Gasteiger partial charge is 0.265 e. The quantitative estimate of drug-likeness (QED) is 0.599. The number of hydrogen-bond donors (Lipinski definition) is 1. The molecule has 2 fully saturated rings. The van der Waals surface area contributed by atoms with E-state index in [2.05, 4.69) is 10.3 Å². The molecule has 0 radical (unpaired) electrons. The summed E-state index contributed by atoms with van der Waals surface area (Å²) < 4.78 is 20.6. The van der Waals surface area contributed by atoms with Gasteiger partial charge in [0.2, 0.25) is 0 Å². The molecule has 1 aliphatic heterocycles. The number of alkyl halides is 1. The Hall–Kier alpha value is -3.26. The van der Waals surface area contributed by atoms with Gasteiger partial charge in [0, 0.05) is 31.2 Å². The van der Waals surface area contributed by atoms with Gasteiger partial charge < -0.3 is 10.1 Å². The molecule has 1 amide bonds. The minimum atomic E-state index is -0.753. The molecule has 1 aliphatic carbocycles. The molecule has 3 aromatic rings. The van der Waals surface area contributed by atoms with Crippen molar-refractivity contribution in [3.63, 3.8) is 0 Å². The lowest BCUT2D eigenvalue weighted by atomic mass is 10.1. The van der Waals surface area contributed by atoms with Gasteiger partial charge in [-0.05, 0) is 62.1 Å². The minimum Gasteiger partial charge on any atom is -0.492 e. The van der Waals surface area contributed by atoms with Gasteiger partial charge in [0.15, 0.2) is 0 Å². The van der Waals surface area contributed by atoms with Crippen molar-refractivity contribution in [1.29, 1.82) is 0 Å². The van der Waals surface area contributed by atoms with Crippen molar-refractivity contribution in [1.82, 2.24) is 19.8 Å². The van der Waals surface area contributed by atoms with E-state index in [1.54, 1.807) is 30.3 Å². The van der Waals surface area contributed by atoms with Crippen molar-refractivity contribution in [2.24, 2.45) is 0 Å². The zero-order chi connectivity index (χ0) is 22.9. The van der Waals surface area contributed by atoms with Gasteiger partial charge in [-0.3, -0.25) is 19.1 Å². The zero-order valence-corrected chi connectivity index (χ0v) is 18.6. The number of nitrogens with zero attached hydrogens (tertiary/aromatic N) is 3. The number of likely N-dealkylation sites (tertiary alicyclic amines) is 1. The molecule has 2 aliphatic rings. The number of ether oxygens (including phenoxy) is 1. The molecule has 2 heterocycles. The second-order valence-electron chi connectivity index (χ2n) is 8.88. The van der Waals surface area contributed by atoms with Crippen LogP contribution in [0.15, 0.2) is 47.5 Å². The number of carbonyl (C=O) groups excluding carboxylic acids is 1. The molecular weight excluding hydrogens is 423 g/mol. The number of aromatic nitrogens is 2. The topological polar surface area (TPSA) is 76.5 Å². The number of fused-ring (bicyclic) bond motifs is 1. The highest BCUT2D eigenvalue weighted by atomic mass is 19.1. The van der Waals surface area contributed by atoms with Crippen LogP contribution in [0.1, 0.15) is 35.2 Å². The average molecular weight is 451 g/mol. The molecule has 1 atom stereocenters. The van der Waals surface area contributed by atoms with E-state index in [-0.39, 0.29) is 17.5 Å². The summed E-state index contributed by atoms with van der Waals surface area (Å²) in [7, 11) is 0. The Labute approximate surface area is 191 Å². The number of halogens is 1. The SMILES string of the molecule is Cc1ccc(C(=O)NC2CC2)cc1-n1cnc2ccc(OCCN3CC[C@@H](F)C3)cc2c1=O. The first-order valence-corrected chi connectivity index (χ1v) is 11.4. The molecule has 0 unspecified atom stereocenters. The maximum absolute atomic E-state index is 13.3. The third-order valence-electron chi connectivity index (χ3n) is 6.26. The highest BCUT2D eigenvalue weighted by Crippen LogP contribution is 2.22. The van der Waals surface area contributed by atoms with Crippen molar-refractivity contribution < 1.29 is 13.9 Å². The van der Waals surface area contributed by atoms with E-state index in [0.29, 0.717) is 54.0 Å². The number of amides is 1. The summed E-state index contributed by atoms with van der Waals surface area (Å²) in [5, 5.41) is 3.42. The van der Waals surface area contributed by atoms with Gasteiger partial charge in [0.25, 0.3) is 11.5 Å². The molecule has 7 nitrogen and oxygen atoms in total. The Bertz CT molecular complexity index is 1250. The highest BCUT2D eigenvalue weighted by Gasteiger charge is 2.24. The van der Waals surface area contributed by atoms with Crippen molar-refractivity contribution in [3.05, 3.63) is 64.2 Å². The molecule has 0 spiro atoms. The summed E-state index contributed by atoms with van der Waals surface area (Å²) in [5.41, 5.74) is 2.35. The van der Waals surface area contributed by atoms with E-state index >= 15 is 0 Å². The summed E-state index contributed by atoms with van der Waals surface area (Å²) in [6.45, 7) is 4.16. The van der Waals surface area contributed by atoms with Crippen LogP contribution in [0.25, 0.3) is 16.6 Å². The van der Waals surface area contributed by atoms with Gasteiger partial charge in [-0.1, -0.05) is 6.07 Å². The number of nitrogens with one attached hydrogen (secondary N) is 1. The molecule has 1 saturated heterocycles. The van der Waals surface area contributed by atoms with Crippen LogP contribution < -0.4 is 15.6 Å².